The standard InChI is InChI=1S/C24H28N4O5S3/c1-6-32-22(30)19-15(4)20(23(31)33-7-2)36-21(19)25-18(29)13-35-24-27-26-17(28(24)5)12-34-16-10-8-14(3)9-11-16/h8-11H,6-7,12-13H2,1-5H3,(H,25,29). The summed E-state index contributed by atoms with van der Waals surface area (Å²) in [7, 11) is 1.86. The molecule has 12 heteroatoms. The zero-order chi connectivity index (χ0) is 26.2. The van der Waals surface area contributed by atoms with Crippen LogP contribution in [-0.2, 0) is 27.1 Å². The second-order valence-corrected chi connectivity index (χ2v) is 10.6. The number of aromatic nitrogens is 3. The van der Waals surface area contributed by atoms with Gasteiger partial charge in [-0.2, -0.15) is 0 Å². The van der Waals surface area contributed by atoms with Gasteiger partial charge in [0.15, 0.2) is 5.16 Å². The Labute approximate surface area is 222 Å². The largest absolute Gasteiger partial charge is 0.462 e. The van der Waals surface area contributed by atoms with E-state index >= 15 is 0 Å². The Kier molecular flexibility index (Phi) is 9.97. The average molecular weight is 549 g/mol. The molecule has 2 heterocycles. The van der Waals surface area contributed by atoms with Crippen LogP contribution in [0, 0.1) is 13.8 Å². The van der Waals surface area contributed by atoms with Gasteiger partial charge in [0, 0.05) is 11.9 Å². The molecule has 0 aliphatic heterocycles. The molecule has 3 rings (SSSR count). The smallest absolute Gasteiger partial charge is 0.348 e. The number of nitrogens with one attached hydrogen (secondary N) is 1. The minimum absolute atomic E-state index is 0.0467. The van der Waals surface area contributed by atoms with Crippen molar-refractivity contribution in [3.05, 3.63) is 51.7 Å². The summed E-state index contributed by atoms with van der Waals surface area (Å²) in [5, 5.41) is 12.1. The first-order chi connectivity index (χ1) is 17.2. The lowest BCUT2D eigenvalue weighted by Gasteiger charge is -2.07. The summed E-state index contributed by atoms with van der Waals surface area (Å²) in [6, 6.07) is 8.27. The molecule has 192 valence electrons. The molecule has 0 unspecified atom stereocenters. The van der Waals surface area contributed by atoms with E-state index in [9.17, 15) is 14.4 Å². The predicted molar refractivity (Wildman–Crippen MR) is 142 cm³/mol. The lowest BCUT2D eigenvalue weighted by atomic mass is 10.1. The molecule has 0 saturated carbocycles. The third-order valence-corrected chi connectivity index (χ3v) is 8.20. The van der Waals surface area contributed by atoms with Crippen LogP contribution in [0.2, 0.25) is 0 Å². The molecule has 0 radical (unpaired) electrons. The highest BCUT2D eigenvalue weighted by molar-refractivity contribution is 7.99. The molecular formula is C24H28N4O5S3. The summed E-state index contributed by atoms with van der Waals surface area (Å²) in [5.41, 5.74) is 1.79. The van der Waals surface area contributed by atoms with E-state index in [1.807, 2.05) is 18.5 Å². The van der Waals surface area contributed by atoms with Crippen LogP contribution in [0.3, 0.4) is 0 Å². The minimum atomic E-state index is -0.603. The second-order valence-electron chi connectivity index (χ2n) is 7.60. The molecule has 0 bridgehead atoms. The number of hydrogen-bond acceptors (Lipinski definition) is 10. The second kappa shape index (κ2) is 12.9. The molecule has 1 amide bonds. The lowest BCUT2D eigenvalue weighted by molar-refractivity contribution is -0.113. The van der Waals surface area contributed by atoms with Crippen molar-refractivity contribution in [2.75, 3.05) is 24.3 Å². The first kappa shape index (κ1) is 27.8. The van der Waals surface area contributed by atoms with Gasteiger partial charge in [-0.25, -0.2) is 9.59 Å². The third-order valence-electron chi connectivity index (χ3n) is 4.99. The van der Waals surface area contributed by atoms with E-state index in [1.54, 1.807) is 32.5 Å². The van der Waals surface area contributed by atoms with E-state index in [2.05, 4.69) is 39.8 Å². The Morgan fingerprint density at radius 1 is 1.00 bits per heavy atom. The van der Waals surface area contributed by atoms with E-state index in [1.165, 1.54) is 17.3 Å². The van der Waals surface area contributed by atoms with E-state index in [-0.39, 0.29) is 40.3 Å². The van der Waals surface area contributed by atoms with Crippen LogP contribution >= 0.6 is 34.9 Å². The molecule has 36 heavy (non-hydrogen) atoms. The van der Waals surface area contributed by atoms with Crippen molar-refractivity contribution in [2.45, 2.75) is 43.5 Å². The van der Waals surface area contributed by atoms with Crippen molar-refractivity contribution in [3.8, 4) is 0 Å². The lowest BCUT2D eigenvalue weighted by Crippen LogP contribution is -2.16. The van der Waals surface area contributed by atoms with Gasteiger partial charge in [-0.05, 0) is 45.4 Å². The number of esters is 2. The van der Waals surface area contributed by atoms with Crippen LogP contribution in [0.25, 0.3) is 0 Å². The number of nitrogens with zero attached hydrogens (tertiary/aromatic N) is 3. The molecule has 1 N–H and O–H groups in total. The normalized spacial score (nSPS) is 10.8. The summed E-state index contributed by atoms with van der Waals surface area (Å²) >= 11 is 3.89. The molecule has 3 aromatic rings. The molecule has 0 aliphatic rings. The van der Waals surface area contributed by atoms with Crippen molar-refractivity contribution in [3.63, 3.8) is 0 Å². The predicted octanol–water partition coefficient (Wildman–Crippen LogP) is 4.87. The Bertz CT molecular complexity index is 1240. The molecule has 0 spiro atoms. The van der Waals surface area contributed by atoms with Gasteiger partial charge in [-0.15, -0.1) is 33.3 Å². The third kappa shape index (κ3) is 6.89. The van der Waals surface area contributed by atoms with Gasteiger partial charge >= 0.3 is 11.9 Å². The van der Waals surface area contributed by atoms with Crippen molar-refractivity contribution in [1.29, 1.82) is 0 Å². The van der Waals surface area contributed by atoms with E-state index in [0.717, 1.165) is 22.1 Å². The van der Waals surface area contributed by atoms with Gasteiger partial charge < -0.3 is 19.4 Å². The first-order valence-corrected chi connectivity index (χ1v) is 14.0. The molecule has 9 nitrogen and oxygen atoms in total. The fourth-order valence-corrected chi connectivity index (χ4v) is 5.82. The number of carbonyl (C=O) groups excluding carboxylic acids is 3. The van der Waals surface area contributed by atoms with Gasteiger partial charge in [-0.1, -0.05) is 29.5 Å². The van der Waals surface area contributed by atoms with Crippen LogP contribution in [0.4, 0.5) is 5.00 Å². The molecule has 0 saturated heterocycles. The van der Waals surface area contributed by atoms with Gasteiger partial charge in [0.1, 0.15) is 15.7 Å². The molecule has 0 aliphatic carbocycles. The van der Waals surface area contributed by atoms with E-state index < -0.39 is 11.9 Å². The van der Waals surface area contributed by atoms with Crippen LogP contribution in [0.1, 0.15) is 50.8 Å². The maximum Gasteiger partial charge on any atom is 0.348 e. The number of aryl methyl sites for hydroxylation is 1. The number of ether oxygens (including phenoxy) is 2. The van der Waals surface area contributed by atoms with E-state index in [0.29, 0.717) is 16.5 Å². The van der Waals surface area contributed by atoms with Gasteiger partial charge in [0.25, 0.3) is 0 Å². The van der Waals surface area contributed by atoms with Crippen molar-refractivity contribution >= 4 is 57.7 Å². The van der Waals surface area contributed by atoms with Crippen LogP contribution in [0.5, 0.6) is 0 Å². The quantitative estimate of drug-likeness (QED) is 0.265. The van der Waals surface area contributed by atoms with Crippen LogP contribution in [-0.4, -0.2) is 51.6 Å². The van der Waals surface area contributed by atoms with Gasteiger partial charge in [0.05, 0.1) is 30.3 Å². The summed E-state index contributed by atoms with van der Waals surface area (Å²) in [6.45, 7) is 7.44. The molecule has 0 fully saturated rings. The highest BCUT2D eigenvalue weighted by Gasteiger charge is 2.27. The maximum atomic E-state index is 12.7. The molecule has 1 aromatic carbocycles. The average Bonchev–Trinajstić information content (AvgIpc) is 3.36. The topological polar surface area (TPSA) is 112 Å². The SMILES string of the molecule is CCOC(=O)c1sc(NC(=O)CSc2nnc(CSc3ccc(C)cc3)n2C)c(C(=O)OCC)c1C. The van der Waals surface area contributed by atoms with Crippen molar-refractivity contribution in [2.24, 2.45) is 7.05 Å². The zero-order valence-corrected chi connectivity index (χ0v) is 23.2. The minimum Gasteiger partial charge on any atom is -0.462 e. The highest BCUT2D eigenvalue weighted by Crippen LogP contribution is 2.34. The van der Waals surface area contributed by atoms with Crippen LogP contribution in [0.15, 0.2) is 34.3 Å². The molecule has 2 aromatic heterocycles. The number of thioether (sulfide) groups is 2. The Hall–Kier alpha value is -2.83. The van der Waals surface area contributed by atoms with Crippen molar-refractivity contribution < 1.29 is 23.9 Å². The number of carbonyl (C=O) groups is 3. The number of rotatable bonds is 11. The van der Waals surface area contributed by atoms with Crippen LogP contribution < -0.4 is 5.32 Å². The number of hydrogen-bond donors (Lipinski definition) is 1. The van der Waals surface area contributed by atoms with Crippen molar-refractivity contribution in [1.82, 2.24) is 14.8 Å². The fourth-order valence-electron chi connectivity index (χ4n) is 3.11. The monoisotopic (exact) mass is 548 g/mol. The Morgan fingerprint density at radius 3 is 2.33 bits per heavy atom. The van der Waals surface area contributed by atoms with Gasteiger partial charge in [0.2, 0.25) is 5.91 Å². The summed E-state index contributed by atoms with van der Waals surface area (Å²) in [6.07, 6.45) is 0. The van der Waals surface area contributed by atoms with E-state index in [4.69, 9.17) is 9.47 Å². The summed E-state index contributed by atoms with van der Waals surface area (Å²) < 4.78 is 12.1. The maximum absolute atomic E-state index is 12.7. The molecular weight excluding hydrogens is 520 g/mol. The number of amides is 1. The zero-order valence-electron chi connectivity index (χ0n) is 20.7. The number of benzene rings is 1. The number of anilines is 1. The Balaban J connectivity index is 1.65. The molecule has 0 atom stereocenters. The summed E-state index contributed by atoms with van der Waals surface area (Å²) in [5.74, 6) is -0.00983. The summed E-state index contributed by atoms with van der Waals surface area (Å²) in [4.78, 5) is 39.0. The fraction of sp³-hybridized carbons (Fsp3) is 0.375. The first-order valence-electron chi connectivity index (χ1n) is 11.2. The Morgan fingerprint density at radius 2 is 1.67 bits per heavy atom. The number of thiophene rings is 1. The highest BCUT2D eigenvalue weighted by atomic mass is 32.2. The van der Waals surface area contributed by atoms with Gasteiger partial charge in [-0.3, -0.25) is 4.79 Å².